The van der Waals surface area contributed by atoms with Crippen molar-refractivity contribution < 1.29 is 14.3 Å². The number of hydrogen-bond donors (Lipinski definition) is 0. The molecule has 0 aliphatic carbocycles. The molecule has 0 aromatic heterocycles. The Morgan fingerprint density at radius 2 is 2.17 bits per heavy atom. The van der Waals surface area contributed by atoms with Gasteiger partial charge in [-0.05, 0) is 31.9 Å². The zero-order valence-corrected chi connectivity index (χ0v) is 15.3. The second kappa shape index (κ2) is 8.49. The highest BCUT2D eigenvalue weighted by Crippen LogP contribution is 2.30. The molecule has 2 unspecified atom stereocenters. The van der Waals surface area contributed by atoms with Crippen molar-refractivity contribution in [2.24, 2.45) is 0 Å². The summed E-state index contributed by atoms with van der Waals surface area (Å²) in [6.07, 6.45) is 1.99. The molecule has 1 aliphatic heterocycles. The fourth-order valence-corrected chi connectivity index (χ4v) is 3.09. The number of amides is 2. The maximum Gasteiger partial charge on any atom is 0.251 e. The van der Waals surface area contributed by atoms with E-state index in [9.17, 15) is 9.59 Å². The Kier molecular flexibility index (Phi) is 6.63. The van der Waals surface area contributed by atoms with E-state index in [2.05, 4.69) is 6.92 Å². The van der Waals surface area contributed by atoms with Gasteiger partial charge in [0.15, 0.2) is 0 Å². The van der Waals surface area contributed by atoms with E-state index in [0.717, 1.165) is 12.8 Å². The van der Waals surface area contributed by atoms with Crippen molar-refractivity contribution in [2.75, 3.05) is 25.1 Å². The van der Waals surface area contributed by atoms with E-state index in [1.807, 2.05) is 18.2 Å². The zero-order valence-electron chi connectivity index (χ0n) is 14.5. The maximum absolute atomic E-state index is 12.7. The number of ether oxygens (including phenoxy) is 1. The number of carbonyl (C=O) groups is 2. The number of benzene rings is 1. The topological polar surface area (TPSA) is 49.9 Å². The average Bonchev–Trinajstić information content (AvgIpc) is 2.95. The standard InChI is InChI=1S/C18H25ClN2O3/c1-4-5-12-24-13(2)17(22)20(3)16-10-11-21(18(16)23)15-9-7-6-8-14(15)19/h6-9,13,16H,4-5,10-12H2,1-3H3. The van der Waals surface area contributed by atoms with Gasteiger partial charge in [-0.15, -0.1) is 0 Å². The first-order valence-electron chi connectivity index (χ1n) is 8.41. The van der Waals surface area contributed by atoms with Crippen LogP contribution in [0.3, 0.4) is 0 Å². The molecule has 0 spiro atoms. The van der Waals surface area contributed by atoms with Crippen molar-refractivity contribution in [3.05, 3.63) is 29.3 Å². The number of anilines is 1. The third kappa shape index (κ3) is 4.08. The summed E-state index contributed by atoms with van der Waals surface area (Å²) in [6.45, 7) is 4.92. The number of likely N-dealkylation sites (N-methyl/N-ethyl adjacent to an activating group) is 1. The van der Waals surface area contributed by atoms with Gasteiger partial charge in [0, 0.05) is 20.2 Å². The van der Waals surface area contributed by atoms with Crippen molar-refractivity contribution in [1.29, 1.82) is 0 Å². The third-order valence-corrected chi connectivity index (χ3v) is 4.67. The summed E-state index contributed by atoms with van der Waals surface area (Å²) in [5, 5.41) is 0.539. The van der Waals surface area contributed by atoms with E-state index in [1.54, 1.807) is 24.9 Å². The second-order valence-electron chi connectivity index (χ2n) is 6.06. The first-order chi connectivity index (χ1) is 11.5. The smallest absolute Gasteiger partial charge is 0.251 e. The second-order valence-corrected chi connectivity index (χ2v) is 6.47. The van der Waals surface area contributed by atoms with Crippen LogP contribution >= 0.6 is 11.6 Å². The molecule has 0 saturated carbocycles. The molecule has 1 aromatic carbocycles. The Morgan fingerprint density at radius 1 is 1.46 bits per heavy atom. The fraction of sp³-hybridized carbons (Fsp3) is 0.556. The first-order valence-corrected chi connectivity index (χ1v) is 8.79. The monoisotopic (exact) mass is 352 g/mol. The third-order valence-electron chi connectivity index (χ3n) is 4.35. The quantitative estimate of drug-likeness (QED) is 0.708. The minimum absolute atomic E-state index is 0.0975. The highest BCUT2D eigenvalue weighted by atomic mass is 35.5. The number of carbonyl (C=O) groups excluding carboxylic acids is 2. The van der Waals surface area contributed by atoms with Crippen LogP contribution < -0.4 is 4.90 Å². The normalized spacial score (nSPS) is 18.8. The molecule has 1 aromatic rings. The Morgan fingerprint density at radius 3 is 2.83 bits per heavy atom. The Balaban J connectivity index is 2.01. The van der Waals surface area contributed by atoms with Crippen LogP contribution in [0.25, 0.3) is 0 Å². The number of rotatable bonds is 7. The van der Waals surface area contributed by atoms with Gasteiger partial charge in [-0.1, -0.05) is 37.1 Å². The Bertz CT molecular complexity index is 593. The predicted molar refractivity (Wildman–Crippen MR) is 95.3 cm³/mol. The highest BCUT2D eigenvalue weighted by Gasteiger charge is 2.38. The van der Waals surface area contributed by atoms with Crippen LogP contribution in [0, 0.1) is 0 Å². The molecule has 5 nitrogen and oxygen atoms in total. The fourth-order valence-electron chi connectivity index (χ4n) is 2.85. The van der Waals surface area contributed by atoms with E-state index in [-0.39, 0.29) is 11.8 Å². The first kappa shape index (κ1) is 18.7. The maximum atomic E-state index is 12.7. The van der Waals surface area contributed by atoms with Gasteiger partial charge >= 0.3 is 0 Å². The Labute approximate surface area is 148 Å². The van der Waals surface area contributed by atoms with Crippen LogP contribution in [0.2, 0.25) is 5.02 Å². The van der Waals surface area contributed by atoms with Gasteiger partial charge in [0.1, 0.15) is 12.1 Å². The summed E-state index contributed by atoms with van der Waals surface area (Å²) in [5.74, 6) is -0.259. The minimum atomic E-state index is -0.538. The molecule has 2 atom stereocenters. The summed E-state index contributed by atoms with van der Waals surface area (Å²) >= 11 is 6.19. The molecule has 6 heteroatoms. The SMILES string of the molecule is CCCCOC(C)C(=O)N(C)C1CCN(c2ccccc2Cl)C1=O. The van der Waals surface area contributed by atoms with Gasteiger partial charge in [0.2, 0.25) is 5.91 Å². The summed E-state index contributed by atoms with van der Waals surface area (Å²) in [6, 6.07) is 6.79. The Hall–Kier alpha value is -1.59. The lowest BCUT2D eigenvalue weighted by atomic mass is 10.2. The van der Waals surface area contributed by atoms with Crippen molar-refractivity contribution in [3.8, 4) is 0 Å². The van der Waals surface area contributed by atoms with Crippen molar-refractivity contribution in [3.63, 3.8) is 0 Å². The van der Waals surface area contributed by atoms with Crippen LogP contribution in [-0.2, 0) is 14.3 Å². The van der Waals surface area contributed by atoms with Gasteiger partial charge in [-0.25, -0.2) is 0 Å². The van der Waals surface area contributed by atoms with Crippen LogP contribution in [-0.4, -0.2) is 49.1 Å². The largest absolute Gasteiger partial charge is 0.369 e. The molecule has 0 N–H and O–H groups in total. The molecule has 0 radical (unpaired) electrons. The molecule has 24 heavy (non-hydrogen) atoms. The molecule has 0 bridgehead atoms. The van der Waals surface area contributed by atoms with Crippen molar-refractivity contribution in [2.45, 2.75) is 45.3 Å². The molecule has 1 fully saturated rings. The van der Waals surface area contributed by atoms with Crippen molar-refractivity contribution >= 4 is 29.1 Å². The molecule has 1 aliphatic rings. The van der Waals surface area contributed by atoms with Gasteiger partial charge in [0.05, 0.1) is 10.7 Å². The van der Waals surface area contributed by atoms with E-state index in [4.69, 9.17) is 16.3 Å². The average molecular weight is 353 g/mol. The lowest BCUT2D eigenvalue weighted by Gasteiger charge is -2.27. The summed E-state index contributed by atoms with van der Waals surface area (Å²) in [5.41, 5.74) is 0.694. The van der Waals surface area contributed by atoms with Crippen LogP contribution in [0.5, 0.6) is 0 Å². The lowest BCUT2D eigenvalue weighted by molar-refractivity contribution is -0.146. The van der Waals surface area contributed by atoms with Crippen molar-refractivity contribution in [1.82, 2.24) is 4.90 Å². The van der Waals surface area contributed by atoms with Gasteiger partial charge < -0.3 is 14.5 Å². The van der Waals surface area contributed by atoms with E-state index >= 15 is 0 Å². The van der Waals surface area contributed by atoms with E-state index < -0.39 is 12.1 Å². The summed E-state index contributed by atoms with van der Waals surface area (Å²) in [4.78, 5) is 28.4. The number of para-hydroxylation sites is 1. The molecule has 1 saturated heterocycles. The molecule has 2 amide bonds. The van der Waals surface area contributed by atoms with Gasteiger partial charge in [0.25, 0.3) is 5.91 Å². The molecule has 132 valence electrons. The molecular formula is C18H25ClN2O3. The highest BCUT2D eigenvalue weighted by molar-refractivity contribution is 6.34. The van der Waals surface area contributed by atoms with Gasteiger partial charge in [-0.2, -0.15) is 0 Å². The number of unbranched alkanes of at least 4 members (excludes halogenated alkanes) is 1. The predicted octanol–water partition coefficient (Wildman–Crippen LogP) is 3.11. The summed E-state index contributed by atoms with van der Waals surface area (Å²) < 4.78 is 5.55. The molecule has 2 rings (SSSR count). The van der Waals surface area contributed by atoms with Crippen LogP contribution in [0.4, 0.5) is 5.69 Å². The van der Waals surface area contributed by atoms with Gasteiger partial charge in [-0.3, -0.25) is 9.59 Å². The van der Waals surface area contributed by atoms with Crippen LogP contribution in [0.1, 0.15) is 33.1 Å². The number of hydrogen-bond acceptors (Lipinski definition) is 3. The number of halogens is 1. The minimum Gasteiger partial charge on any atom is -0.369 e. The molecule has 1 heterocycles. The zero-order chi connectivity index (χ0) is 17.7. The summed E-state index contributed by atoms with van der Waals surface area (Å²) in [7, 11) is 1.67. The number of nitrogens with zero attached hydrogens (tertiary/aromatic N) is 2. The van der Waals surface area contributed by atoms with Crippen LogP contribution in [0.15, 0.2) is 24.3 Å². The lowest BCUT2D eigenvalue weighted by Crippen LogP contribution is -2.47. The van der Waals surface area contributed by atoms with E-state index in [1.165, 1.54) is 4.90 Å². The molecular weight excluding hydrogens is 328 g/mol. The van der Waals surface area contributed by atoms with E-state index in [0.29, 0.717) is 30.3 Å².